The molecule has 1 saturated heterocycles. The van der Waals surface area contributed by atoms with Crippen molar-refractivity contribution in [2.45, 2.75) is 38.8 Å². The fourth-order valence-electron chi connectivity index (χ4n) is 2.79. The van der Waals surface area contributed by atoms with Crippen LogP contribution >= 0.6 is 0 Å². The van der Waals surface area contributed by atoms with Gasteiger partial charge in [-0.2, -0.15) is 0 Å². The molecule has 0 saturated carbocycles. The van der Waals surface area contributed by atoms with Gasteiger partial charge in [-0.1, -0.05) is 37.3 Å². The average Bonchev–Trinajstić information content (AvgIpc) is 2.39. The monoisotopic (exact) mass is 247 g/mol. The van der Waals surface area contributed by atoms with Gasteiger partial charge in [-0.25, -0.2) is 0 Å². The van der Waals surface area contributed by atoms with Crippen molar-refractivity contribution in [3.63, 3.8) is 0 Å². The van der Waals surface area contributed by atoms with E-state index in [9.17, 15) is 9.90 Å². The molecule has 0 spiro atoms. The van der Waals surface area contributed by atoms with Gasteiger partial charge < -0.3 is 5.11 Å². The molecule has 1 aromatic rings. The Hall–Kier alpha value is -1.35. The lowest BCUT2D eigenvalue weighted by Crippen LogP contribution is -2.47. The summed E-state index contributed by atoms with van der Waals surface area (Å²) in [5.41, 5.74) is 1.19. The van der Waals surface area contributed by atoms with E-state index in [1.807, 2.05) is 18.2 Å². The number of nitrogens with zero attached hydrogens (tertiary/aromatic N) is 1. The Morgan fingerprint density at radius 3 is 2.67 bits per heavy atom. The summed E-state index contributed by atoms with van der Waals surface area (Å²) in [5, 5.41) is 9.38. The second-order valence-electron chi connectivity index (χ2n) is 5.31. The lowest BCUT2D eigenvalue weighted by molar-refractivity contribution is -0.146. The van der Waals surface area contributed by atoms with Crippen molar-refractivity contribution in [1.29, 1.82) is 0 Å². The minimum Gasteiger partial charge on any atom is -0.480 e. The first-order valence-electron chi connectivity index (χ1n) is 6.63. The summed E-state index contributed by atoms with van der Waals surface area (Å²) in [6, 6.07) is 9.97. The van der Waals surface area contributed by atoms with Crippen molar-refractivity contribution >= 4 is 5.97 Å². The van der Waals surface area contributed by atoms with Gasteiger partial charge in [0.1, 0.15) is 6.04 Å². The van der Waals surface area contributed by atoms with Gasteiger partial charge in [0, 0.05) is 6.04 Å². The summed E-state index contributed by atoms with van der Waals surface area (Å²) in [6.45, 7) is 5.11. The number of carboxylic acid groups (broad SMARTS) is 1. The van der Waals surface area contributed by atoms with Crippen LogP contribution in [-0.4, -0.2) is 28.6 Å². The van der Waals surface area contributed by atoms with Gasteiger partial charge in [-0.15, -0.1) is 0 Å². The van der Waals surface area contributed by atoms with Crippen molar-refractivity contribution in [2.24, 2.45) is 5.92 Å². The van der Waals surface area contributed by atoms with E-state index >= 15 is 0 Å². The zero-order valence-corrected chi connectivity index (χ0v) is 11.0. The minimum absolute atomic E-state index is 0.166. The third kappa shape index (κ3) is 2.72. The molecule has 1 fully saturated rings. The van der Waals surface area contributed by atoms with E-state index < -0.39 is 5.97 Å². The zero-order chi connectivity index (χ0) is 13.1. The summed E-state index contributed by atoms with van der Waals surface area (Å²) in [7, 11) is 0. The van der Waals surface area contributed by atoms with Crippen molar-refractivity contribution in [3.8, 4) is 0 Å². The normalized spacial score (nSPS) is 26.8. The van der Waals surface area contributed by atoms with Gasteiger partial charge in [0.15, 0.2) is 0 Å². The van der Waals surface area contributed by atoms with Crippen LogP contribution in [0.3, 0.4) is 0 Å². The van der Waals surface area contributed by atoms with Gasteiger partial charge in [0.2, 0.25) is 0 Å². The van der Waals surface area contributed by atoms with Crippen molar-refractivity contribution in [1.82, 2.24) is 4.90 Å². The third-order valence-corrected chi connectivity index (χ3v) is 3.97. The molecule has 3 atom stereocenters. The molecule has 1 aliphatic heterocycles. The second kappa shape index (κ2) is 5.53. The summed E-state index contributed by atoms with van der Waals surface area (Å²) in [6.07, 6.45) is 1.84. The van der Waals surface area contributed by atoms with Gasteiger partial charge in [-0.3, -0.25) is 9.69 Å². The highest BCUT2D eigenvalue weighted by atomic mass is 16.4. The maximum absolute atomic E-state index is 11.4. The Morgan fingerprint density at radius 1 is 1.39 bits per heavy atom. The highest BCUT2D eigenvalue weighted by Crippen LogP contribution is 2.30. The predicted molar refractivity (Wildman–Crippen MR) is 71.4 cm³/mol. The van der Waals surface area contributed by atoms with E-state index in [0.717, 1.165) is 19.4 Å². The highest BCUT2D eigenvalue weighted by molar-refractivity contribution is 5.73. The molecule has 98 valence electrons. The summed E-state index contributed by atoms with van der Waals surface area (Å²) in [4.78, 5) is 13.5. The van der Waals surface area contributed by atoms with Crippen molar-refractivity contribution in [3.05, 3.63) is 35.9 Å². The highest BCUT2D eigenvalue weighted by Gasteiger charge is 2.34. The molecular formula is C15H21NO2. The van der Waals surface area contributed by atoms with E-state index in [1.54, 1.807) is 0 Å². The van der Waals surface area contributed by atoms with E-state index in [4.69, 9.17) is 0 Å². The topological polar surface area (TPSA) is 40.5 Å². The average molecular weight is 247 g/mol. The molecule has 3 heteroatoms. The summed E-state index contributed by atoms with van der Waals surface area (Å²) < 4.78 is 0. The number of hydrogen-bond donors (Lipinski definition) is 1. The van der Waals surface area contributed by atoms with Gasteiger partial charge in [0.05, 0.1) is 0 Å². The lowest BCUT2D eigenvalue weighted by atomic mass is 9.90. The number of aliphatic carboxylic acids is 1. The zero-order valence-electron chi connectivity index (χ0n) is 11.0. The minimum atomic E-state index is -0.690. The molecule has 18 heavy (non-hydrogen) atoms. The largest absolute Gasteiger partial charge is 0.480 e. The lowest BCUT2D eigenvalue weighted by Gasteiger charge is -2.40. The Balaban J connectivity index is 2.17. The molecule has 3 nitrogen and oxygen atoms in total. The van der Waals surface area contributed by atoms with Gasteiger partial charge in [0.25, 0.3) is 0 Å². The SMILES string of the molecule is CC1CCN(C(C)c2ccccc2)C(C(=O)O)C1. The first-order valence-corrected chi connectivity index (χ1v) is 6.63. The van der Waals surface area contributed by atoms with Crippen LogP contribution in [0.2, 0.25) is 0 Å². The van der Waals surface area contributed by atoms with E-state index in [2.05, 4.69) is 30.9 Å². The number of benzene rings is 1. The van der Waals surface area contributed by atoms with Crippen LogP contribution in [0.1, 0.15) is 38.3 Å². The molecule has 2 rings (SSSR count). The second-order valence-corrected chi connectivity index (χ2v) is 5.31. The number of carboxylic acids is 1. The quantitative estimate of drug-likeness (QED) is 0.892. The van der Waals surface area contributed by atoms with Crippen LogP contribution in [0.25, 0.3) is 0 Å². The van der Waals surface area contributed by atoms with E-state index in [-0.39, 0.29) is 12.1 Å². The molecular weight excluding hydrogens is 226 g/mol. The van der Waals surface area contributed by atoms with E-state index in [1.165, 1.54) is 5.56 Å². The van der Waals surface area contributed by atoms with Crippen LogP contribution < -0.4 is 0 Å². The molecule has 3 unspecified atom stereocenters. The van der Waals surface area contributed by atoms with Crippen LogP contribution in [0, 0.1) is 5.92 Å². The first-order chi connectivity index (χ1) is 8.59. The predicted octanol–water partition coefficient (Wildman–Crippen LogP) is 2.93. The Morgan fingerprint density at radius 2 is 2.06 bits per heavy atom. The molecule has 1 N–H and O–H groups in total. The van der Waals surface area contributed by atoms with Crippen LogP contribution in [0.5, 0.6) is 0 Å². The number of piperidine rings is 1. The van der Waals surface area contributed by atoms with Crippen molar-refractivity contribution < 1.29 is 9.90 Å². The summed E-state index contributed by atoms with van der Waals surface area (Å²) >= 11 is 0. The molecule has 0 bridgehead atoms. The standard InChI is InChI=1S/C15H21NO2/c1-11-8-9-16(14(10-11)15(17)18)12(2)13-6-4-3-5-7-13/h3-7,11-12,14H,8-10H2,1-2H3,(H,17,18). The maximum atomic E-state index is 11.4. The molecule has 1 aromatic carbocycles. The Labute approximate surface area is 108 Å². The Bertz CT molecular complexity index is 404. The smallest absolute Gasteiger partial charge is 0.320 e. The van der Waals surface area contributed by atoms with E-state index in [0.29, 0.717) is 5.92 Å². The molecule has 1 aliphatic rings. The van der Waals surface area contributed by atoms with Crippen molar-refractivity contribution in [2.75, 3.05) is 6.54 Å². The number of carbonyl (C=O) groups is 1. The fraction of sp³-hybridized carbons (Fsp3) is 0.533. The molecule has 0 aromatic heterocycles. The third-order valence-electron chi connectivity index (χ3n) is 3.97. The van der Waals surface area contributed by atoms with Crippen LogP contribution in [-0.2, 0) is 4.79 Å². The maximum Gasteiger partial charge on any atom is 0.320 e. The number of likely N-dealkylation sites (tertiary alicyclic amines) is 1. The van der Waals surface area contributed by atoms with Crippen LogP contribution in [0.4, 0.5) is 0 Å². The molecule has 0 amide bonds. The summed E-state index contributed by atoms with van der Waals surface area (Å²) in [5.74, 6) is -0.186. The molecule has 0 aliphatic carbocycles. The van der Waals surface area contributed by atoms with Crippen LogP contribution in [0.15, 0.2) is 30.3 Å². The number of rotatable bonds is 3. The fourth-order valence-corrected chi connectivity index (χ4v) is 2.79. The van der Waals surface area contributed by atoms with Gasteiger partial charge in [-0.05, 0) is 37.8 Å². The van der Waals surface area contributed by atoms with Gasteiger partial charge >= 0.3 is 5.97 Å². The Kier molecular flexibility index (Phi) is 4.02. The molecule has 1 heterocycles. The molecule has 0 radical (unpaired) electrons. The number of hydrogen-bond acceptors (Lipinski definition) is 2. The first kappa shape index (κ1) is 13.1.